The van der Waals surface area contributed by atoms with Gasteiger partial charge in [-0.15, -0.1) is 0 Å². The van der Waals surface area contributed by atoms with Gasteiger partial charge in [0.1, 0.15) is 13.2 Å². The van der Waals surface area contributed by atoms with Crippen LogP contribution in [0.15, 0.2) is 97.2 Å². The summed E-state index contributed by atoms with van der Waals surface area (Å²) >= 11 is 0. The molecule has 472 valence electrons. The average molecular weight is 1140 g/mol. The van der Waals surface area contributed by atoms with Crippen LogP contribution in [0.1, 0.15) is 348 Å². The van der Waals surface area contributed by atoms with Crippen LogP contribution in [0.2, 0.25) is 0 Å². The van der Waals surface area contributed by atoms with E-state index in [-0.39, 0.29) is 31.1 Å². The predicted molar refractivity (Wildman–Crippen MR) is 357 cm³/mol. The number of allylic oxidation sites excluding steroid dienone is 16. The van der Waals surface area contributed by atoms with Crippen molar-refractivity contribution in [2.24, 2.45) is 0 Å². The Kier molecular flexibility index (Phi) is 66.7. The highest BCUT2D eigenvalue weighted by Crippen LogP contribution is 2.18. The monoisotopic (exact) mass is 1140 g/mol. The SMILES string of the molecule is CC/C=C\C/C=C\C/C=C\C/C=C\CCCCCCCCCCCCCCCCC(=O)OCC(COC(=O)CCCC/C=C\C/C=C\C/C=C\C/C=C\CC)OC(=O)CCCCCCCCCCCCCCCCCCCCCCCC. The Hall–Kier alpha value is -3.67. The maximum atomic E-state index is 13.0. The van der Waals surface area contributed by atoms with Gasteiger partial charge in [-0.2, -0.15) is 0 Å². The second-order valence-electron chi connectivity index (χ2n) is 23.4. The van der Waals surface area contributed by atoms with E-state index in [4.69, 9.17) is 14.2 Å². The molecular weight excluding hydrogens is 1010 g/mol. The van der Waals surface area contributed by atoms with Crippen molar-refractivity contribution >= 4 is 17.9 Å². The number of carbonyl (C=O) groups is 3. The second-order valence-corrected chi connectivity index (χ2v) is 23.4. The number of rotatable bonds is 64. The van der Waals surface area contributed by atoms with E-state index in [9.17, 15) is 14.4 Å². The lowest BCUT2D eigenvalue weighted by Crippen LogP contribution is -2.30. The van der Waals surface area contributed by atoms with Gasteiger partial charge in [0.2, 0.25) is 0 Å². The van der Waals surface area contributed by atoms with E-state index in [1.54, 1.807) is 0 Å². The molecule has 0 saturated carbocycles. The van der Waals surface area contributed by atoms with Crippen molar-refractivity contribution in [3.8, 4) is 0 Å². The Labute approximate surface area is 508 Å². The Morgan fingerprint density at radius 3 is 0.768 bits per heavy atom. The highest BCUT2D eigenvalue weighted by molar-refractivity contribution is 5.71. The smallest absolute Gasteiger partial charge is 0.306 e. The highest BCUT2D eigenvalue weighted by atomic mass is 16.6. The van der Waals surface area contributed by atoms with Gasteiger partial charge in [-0.25, -0.2) is 0 Å². The lowest BCUT2D eigenvalue weighted by Gasteiger charge is -2.18. The van der Waals surface area contributed by atoms with Crippen molar-refractivity contribution in [3.63, 3.8) is 0 Å². The lowest BCUT2D eigenvalue weighted by molar-refractivity contribution is -0.167. The molecule has 0 fully saturated rings. The van der Waals surface area contributed by atoms with Crippen LogP contribution >= 0.6 is 0 Å². The van der Waals surface area contributed by atoms with Crippen molar-refractivity contribution < 1.29 is 28.6 Å². The lowest BCUT2D eigenvalue weighted by atomic mass is 10.0. The molecule has 0 saturated heterocycles. The zero-order valence-electron chi connectivity index (χ0n) is 54.2. The zero-order chi connectivity index (χ0) is 59.2. The first kappa shape index (κ1) is 78.3. The van der Waals surface area contributed by atoms with Gasteiger partial charge in [0.15, 0.2) is 6.10 Å². The normalized spacial score (nSPS) is 12.7. The van der Waals surface area contributed by atoms with Crippen molar-refractivity contribution in [1.29, 1.82) is 0 Å². The summed E-state index contributed by atoms with van der Waals surface area (Å²) in [5.74, 6) is -0.913. The van der Waals surface area contributed by atoms with Gasteiger partial charge in [-0.3, -0.25) is 14.4 Å². The second kappa shape index (κ2) is 69.8. The first-order chi connectivity index (χ1) is 40.5. The quantitative estimate of drug-likeness (QED) is 0.0261. The van der Waals surface area contributed by atoms with Gasteiger partial charge in [0.25, 0.3) is 0 Å². The van der Waals surface area contributed by atoms with Crippen LogP contribution in [0.25, 0.3) is 0 Å². The fraction of sp³-hybridized carbons (Fsp3) is 0.750. The molecule has 0 aliphatic heterocycles. The summed E-state index contributed by atoms with van der Waals surface area (Å²) in [5.41, 5.74) is 0. The fourth-order valence-electron chi connectivity index (χ4n) is 10.1. The van der Waals surface area contributed by atoms with Crippen LogP contribution < -0.4 is 0 Å². The Morgan fingerprint density at radius 2 is 0.476 bits per heavy atom. The van der Waals surface area contributed by atoms with E-state index in [1.807, 2.05) is 0 Å². The summed E-state index contributed by atoms with van der Waals surface area (Å²) < 4.78 is 17.0. The highest BCUT2D eigenvalue weighted by Gasteiger charge is 2.19. The molecule has 0 spiro atoms. The standard InChI is InChI=1S/C76H132O6/c1-4-7-10-13-16-19-22-25-28-30-32-34-36-37-38-39-40-42-43-45-48-51-54-57-60-63-66-69-75(78)81-72-73(71-80-74(77)68-65-62-59-56-53-50-47-27-24-21-18-15-12-9-6-3)82-76(79)70-67-64-61-58-55-52-49-46-44-41-35-33-31-29-26-23-20-17-14-11-8-5-2/h7,9-10,12,16,18-19,21,25,27-28,32,34,47,53,56,73H,4-6,8,11,13-15,17,20,22-24,26,29-31,33,35-46,48-52,54-55,57-72H2,1-3H3/b10-7-,12-9-,19-16-,21-18-,28-25-,34-32-,47-27-,56-53-. The topological polar surface area (TPSA) is 78.9 Å². The molecule has 0 aliphatic carbocycles. The molecule has 82 heavy (non-hydrogen) atoms. The summed E-state index contributed by atoms with van der Waals surface area (Å²) in [6.45, 7) is 6.43. The maximum Gasteiger partial charge on any atom is 0.306 e. The van der Waals surface area contributed by atoms with Gasteiger partial charge in [0.05, 0.1) is 0 Å². The van der Waals surface area contributed by atoms with E-state index in [1.165, 1.54) is 199 Å². The minimum atomic E-state index is -0.795. The van der Waals surface area contributed by atoms with Crippen LogP contribution in [0, 0.1) is 0 Å². The van der Waals surface area contributed by atoms with Gasteiger partial charge in [-0.1, -0.05) is 330 Å². The molecule has 1 atom stereocenters. The molecule has 0 aromatic heterocycles. The fourth-order valence-corrected chi connectivity index (χ4v) is 10.1. The number of unbranched alkanes of at least 4 members (excludes halogenated alkanes) is 37. The molecule has 1 unspecified atom stereocenters. The van der Waals surface area contributed by atoms with Gasteiger partial charge >= 0.3 is 17.9 Å². The maximum absolute atomic E-state index is 13.0. The summed E-state index contributed by atoms with van der Waals surface area (Å²) in [4.78, 5) is 38.4. The summed E-state index contributed by atoms with van der Waals surface area (Å²) in [6, 6.07) is 0. The minimum Gasteiger partial charge on any atom is -0.462 e. The van der Waals surface area contributed by atoms with E-state index in [2.05, 4.69) is 118 Å². The number of hydrogen-bond acceptors (Lipinski definition) is 6. The number of ether oxygens (including phenoxy) is 3. The van der Waals surface area contributed by atoms with Crippen LogP contribution in [-0.2, 0) is 28.6 Å². The molecule has 0 amide bonds. The molecular formula is C76H132O6. The average Bonchev–Trinajstić information content (AvgIpc) is 3.47. The molecule has 6 heteroatoms. The van der Waals surface area contributed by atoms with E-state index >= 15 is 0 Å². The molecule has 0 aromatic carbocycles. The third kappa shape index (κ3) is 67.1. The zero-order valence-corrected chi connectivity index (χ0v) is 54.2. The van der Waals surface area contributed by atoms with Gasteiger partial charge in [0, 0.05) is 19.3 Å². The van der Waals surface area contributed by atoms with E-state index in [0.29, 0.717) is 19.3 Å². The summed E-state index contributed by atoms with van der Waals surface area (Å²) in [7, 11) is 0. The van der Waals surface area contributed by atoms with Crippen LogP contribution in [0.5, 0.6) is 0 Å². The van der Waals surface area contributed by atoms with Crippen molar-refractivity contribution in [1.82, 2.24) is 0 Å². The molecule has 0 aromatic rings. The molecule has 0 bridgehead atoms. The van der Waals surface area contributed by atoms with Crippen molar-refractivity contribution in [3.05, 3.63) is 97.2 Å². The predicted octanol–water partition coefficient (Wildman–Crippen LogP) is 24.4. The molecule has 0 rings (SSSR count). The van der Waals surface area contributed by atoms with Crippen LogP contribution in [0.3, 0.4) is 0 Å². The number of carbonyl (C=O) groups excluding carboxylic acids is 3. The first-order valence-corrected chi connectivity index (χ1v) is 35.2. The largest absolute Gasteiger partial charge is 0.462 e. The van der Waals surface area contributed by atoms with E-state index in [0.717, 1.165) is 109 Å². The Balaban J connectivity index is 4.31. The molecule has 0 aliphatic rings. The molecule has 6 nitrogen and oxygen atoms in total. The van der Waals surface area contributed by atoms with Gasteiger partial charge in [-0.05, 0) is 96.3 Å². The first-order valence-electron chi connectivity index (χ1n) is 35.2. The molecule has 0 radical (unpaired) electrons. The third-order valence-electron chi connectivity index (χ3n) is 15.3. The minimum absolute atomic E-state index is 0.0876. The number of esters is 3. The third-order valence-corrected chi connectivity index (χ3v) is 15.3. The van der Waals surface area contributed by atoms with Gasteiger partial charge < -0.3 is 14.2 Å². The number of hydrogen-bond donors (Lipinski definition) is 0. The van der Waals surface area contributed by atoms with E-state index < -0.39 is 6.10 Å². The Bertz CT molecular complexity index is 1590. The van der Waals surface area contributed by atoms with Crippen molar-refractivity contribution in [2.75, 3.05) is 13.2 Å². The molecule has 0 N–H and O–H groups in total. The van der Waals surface area contributed by atoms with Crippen molar-refractivity contribution in [2.45, 2.75) is 354 Å². The molecule has 0 heterocycles. The Morgan fingerprint density at radius 1 is 0.256 bits per heavy atom. The summed E-state index contributed by atoms with van der Waals surface area (Å²) in [6.07, 6.45) is 94.4. The summed E-state index contributed by atoms with van der Waals surface area (Å²) in [5, 5.41) is 0. The van der Waals surface area contributed by atoms with Crippen LogP contribution in [-0.4, -0.2) is 37.2 Å². The van der Waals surface area contributed by atoms with Crippen LogP contribution in [0.4, 0.5) is 0 Å².